The minimum atomic E-state index is -0.197. The van der Waals surface area contributed by atoms with Gasteiger partial charge >= 0.3 is 0 Å². The molecular weight excluding hydrogens is 196 g/mol. The zero-order valence-corrected chi connectivity index (χ0v) is 8.97. The molecule has 6 heteroatoms. The molecule has 1 rings (SSSR count). The monoisotopic (exact) mass is 212 g/mol. The molecule has 1 aromatic rings. The molecule has 0 aliphatic heterocycles. The zero-order chi connectivity index (χ0) is 11.4. The Hall–Kier alpha value is -1.56. The number of likely N-dealkylation sites (N-methyl/N-ethyl adjacent to an activating group) is 1. The Balaban J connectivity index is 2.87. The fourth-order valence-electron chi connectivity index (χ4n) is 1.31. The van der Waals surface area contributed by atoms with E-state index in [0.29, 0.717) is 24.5 Å². The van der Waals surface area contributed by atoms with Crippen LogP contribution in [0.4, 0.5) is 5.82 Å². The summed E-state index contributed by atoms with van der Waals surface area (Å²) in [5.74, 6) is 0.147. The van der Waals surface area contributed by atoms with E-state index in [2.05, 4.69) is 5.10 Å². The van der Waals surface area contributed by atoms with E-state index in [1.807, 2.05) is 6.92 Å². The van der Waals surface area contributed by atoms with Crippen LogP contribution >= 0.6 is 0 Å². The number of anilines is 1. The number of nitrogen functional groups attached to an aromatic ring is 1. The number of carbonyl (C=O) groups excluding carboxylic acids is 1. The fourth-order valence-corrected chi connectivity index (χ4v) is 1.31. The number of aryl methyl sites for hydroxylation is 1. The topological polar surface area (TPSA) is 84.4 Å². The van der Waals surface area contributed by atoms with Gasteiger partial charge in [0, 0.05) is 20.1 Å². The minimum Gasteiger partial charge on any atom is -0.395 e. The number of rotatable bonds is 4. The van der Waals surface area contributed by atoms with Gasteiger partial charge in [0.1, 0.15) is 11.4 Å². The maximum atomic E-state index is 11.9. The predicted molar refractivity (Wildman–Crippen MR) is 56.3 cm³/mol. The third-order valence-corrected chi connectivity index (χ3v) is 2.25. The summed E-state index contributed by atoms with van der Waals surface area (Å²) in [6.45, 7) is 2.64. The van der Waals surface area contributed by atoms with Gasteiger partial charge in [0.05, 0.1) is 12.8 Å². The molecule has 84 valence electrons. The van der Waals surface area contributed by atoms with Crippen molar-refractivity contribution in [3.8, 4) is 0 Å². The van der Waals surface area contributed by atoms with Gasteiger partial charge in [-0.25, -0.2) is 0 Å². The quantitative estimate of drug-likeness (QED) is 0.701. The van der Waals surface area contributed by atoms with Crippen molar-refractivity contribution >= 4 is 11.7 Å². The van der Waals surface area contributed by atoms with Gasteiger partial charge in [0.25, 0.3) is 5.91 Å². The van der Waals surface area contributed by atoms with E-state index in [1.54, 1.807) is 7.05 Å². The van der Waals surface area contributed by atoms with Crippen LogP contribution in [0.1, 0.15) is 17.3 Å². The molecule has 0 saturated heterocycles. The van der Waals surface area contributed by atoms with E-state index in [0.717, 1.165) is 0 Å². The molecule has 0 radical (unpaired) electrons. The molecular formula is C9H16N4O2. The molecule has 0 bridgehead atoms. The number of hydrogen-bond acceptors (Lipinski definition) is 4. The lowest BCUT2D eigenvalue weighted by atomic mass is 10.3. The highest BCUT2D eigenvalue weighted by Crippen LogP contribution is 2.12. The second kappa shape index (κ2) is 4.79. The summed E-state index contributed by atoms with van der Waals surface area (Å²) in [5.41, 5.74) is 6.06. The molecule has 0 aromatic carbocycles. The summed E-state index contributed by atoms with van der Waals surface area (Å²) in [7, 11) is 1.68. The van der Waals surface area contributed by atoms with Gasteiger partial charge in [0.2, 0.25) is 0 Å². The molecule has 3 N–H and O–H groups in total. The number of carbonyl (C=O) groups is 1. The van der Waals surface area contributed by atoms with Crippen molar-refractivity contribution in [2.45, 2.75) is 6.92 Å². The van der Waals surface area contributed by atoms with Crippen molar-refractivity contribution in [2.75, 3.05) is 25.4 Å². The van der Waals surface area contributed by atoms with Gasteiger partial charge in [-0.1, -0.05) is 0 Å². The van der Waals surface area contributed by atoms with E-state index in [4.69, 9.17) is 10.8 Å². The van der Waals surface area contributed by atoms with Crippen LogP contribution in [0, 0.1) is 0 Å². The Bertz CT molecular complexity index is 348. The third-order valence-electron chi connectivity index (χ3n) is 2.25. The number of nitrogens with zero attached hydrogens (tertiary/aromatic N) is 3. The van der Waals surface area contributed by atoms with E-state index in [-0.39, 0.29) is 12.5 Å². The lowest BCUT2D eigenvalue weighted by molar-refractivity contribution is 0.0733. The lowest BCUT2D eigenvalue weighted by Gasteiger charge is -2.18. The van der Waals surface area contributed by atoms with Crippen LogP contribution in [0.25, 0.3) is 0 Å². The average Bonchev–Trinajstić information content (AvgIpc) is 2.55. The van der Waals surface area contributed by atoms with Crippen molar-refractivity contribution in [3.05, 3.63) is 11.8 Å². The highest BCUT2D eigenvalue weighted by molar-refractivity contribution is 5.98. The van der Waals surface area contributed by atoms with E-state index in [1.165, 1.54) is 15.8 Å². The van der Waals surface area contributed by atoms with Crippen LogP contribution in [0.15, 0.2) is 6.20 Å². The molecule has 1 amide bonds. The molecule has 0 aliphatic carbocycles. The van der Waals surface area contributed by atoms with E-state index >= 15 is 0 Å². The van der Waals surface area contributed by atoms with Crippen LogP contribution in [0.3, 0.4) is 0 Å². The Labute approximate surface area is 88.3 Å². The Morgan fingerprint density at radius 2 is 2.40 bits per heavy atom. The van der Waals surface area contributed by atoms with Gasteiger partial charge in [-0.05, 0) is 6.92 Å². The molecule has 6 nitrogen and oxygen atoms in total. The Morgan fingerprint density at radius 1 is 1.73 bits per heavy atom. The molecule has 0 atom stereocenters. The number of aliphatic hydroxyl groups excluding tert-OH is 1. The van der Waals surface area contributed by atoms with Crippen molar-refractivity contribution in [3.63, 3.8) is 0 Å². The number of nitrogens with two attached hydrogens (primary N) is 1. The number of aliphatic hydroxyl groups is 1. The van der Waals surface area contributed by atoms with Gasteiger partial charge in [-0.15, -0.1) is 0 Å². The van der Waals surface area contributed by atoms with Crippen molar-refractivity contribution in [1.82, 2.24) is 14.7 Å². The second-order valence-corrected chi connectivity index (χ2v) is 3.18. The highest BCUT2D eigenvalue weighted by atomic mass is 16.3. The Kier molecular flexibility index (Phi) is 3.68. The summed E-state index contributed by atoms with van der Waals surface area (Å²) in [6, 6.07) is 0. The van der Waals surface area contributed by atoms with Gasteiger partial charge in [0.15, 0.2) is 0 Å². The summed E-state index contributed by atoms with van der Waals surface area (Å²) in [5, 5.41) is 12.7. The van der Waals surface area contributed by atoms with Crippen molar-refractivity contribution in [2.24, 2.45) is 7.05 Å². The largest absolute Gasteiger partial charge is 0.395 e. The summed E-state index contributed by atoms with van der Waals surface area (Å²) < 4.78 is 1.44. The highest BCUT2D eigenvalue weighted by Gasteiger charge is 2.18. The molecule has 0 saturated carbocycles. The van der Waals surface area contributed by atoms with Crippen LogP contribution in [-0.2, 0) is 7.05 Å². The van der Waals surface area contributed by atoms with Crippen molar-refractivity contribution < 1.29 is 9.90 Å². The summed E-state index contributed by atoms with van der Waals surface area (Å²) >= 11 is 0. The lowest BCUT2D eigenvalue weighted by Crippen LogP contribution is -2.33. The van der Waals surface area contributed by atoms with Crippen LogP contribution < -0.4 is 5.73 Å². The normalized spacial score (nSPS) is 10.3. The van der Waals surface area contributed by atoms with Gasteiger partial charge < -0.3 is 15.7 Å². The SMILES string of the molecule is CCN(CCO)C(=O)c1cnn(C)c1N. The predicted octanol–water partition coefficient (Wildman–Crippen LogP) is -0.543. The first-order valence-corrected chi connectivity index (χ1v) is 4.79. The molecule has 0 spiro atoms. The maximum absolute atomic E-state index is 11.9. The maximum Gasteiger partial charge on any atom is 0.259 e. The van der Waals surface area contributed by atoms with Gasteiger partial charge in [-0.3, -0.25) is 9.48 Å². The minimum absolute atomic E-state index is 0.0558. The average molecular weight is 212 g/mol. The van der Waals surface area contributed by atoms with Crippen LogP contribution in [-0.4, -0.2) is 45.4 Å². The first kappa shape index (κ1) is 11.5. The first-order valence-electron chi connectivity index (χ1n) is 4.79. The molecule has 0 unspecified atom stereocenters. The number of aromatic nitrogens is 2. The third kappa shape index (κ3) is 2.27. The van der Waals surface area contributed by atoms with Crippen LogP contribution in [0.5, 0.6) is 0 Å². The van der Waals surface area contributed by atoms with E-state index in [9.17, 15) is 4.79 Å². The summed E-state index contributed by atoms with van der Waals surface area (Å²) in [4.78, 5) is 13.4. The number of hydrogen-bond donors (Lipinski definition) is 2. The van der Waals surface area contributed by atoms with Gasteiger partial charge in [-0.2, -0.15) is 5.10 Å². The summed E-state index contributed by atoms with van der Waals surface area (Å²) in [6.07, 6.45) is 1.44. The van der Waals surface area contributed by atoms with Crippen molar-refractivity contribution in [1.29, 1.82) is 0 Å². The fraction of sp³-hybridized carbons (Fsp3) is 0.556. The zero-order valence-electron chi connectivity index (χ0n) is 8.97. The van der Waals surface area contributed by atoms with Crippen LogP contribution in [0.2, 0.25) is 0 Å². The molecule has 1 heterocycles. The molecule has 0 aliphatic rings. The standard InChI is InChI=1S/C9H16N4O2/c1-3-13(4-5-14)9(15)7-6-11-12(2)8(7)10/h6,14H,3-5,10H2,1-2H3. The molecule has 1 aromatic heterocycles. The first-order chi connectivity index (χ1) is 7.11. The molecule has 0 fully saturated rings. The molecule has 15 heavy (non-hydrogen) atoms. The number of amides is 1. The second-order valence-electron chi connectivity index (χ2n) is 3.18. The smallest absolute Gasteiger partial charge is 0.259 e. The van der Waals surface area contributed by atoms with E-state index < -0.39 is 0 Å². The Morgan fingerprint density at radius 3 is 2.80 bits per heavy atom.